The standard InChI is InChI=1S/C9H18F3NO/c1-4-13-7(2)8(3)14-6-5-9(10,11)12/h7-8,13H,4-6H2,1-3H3. The lowest BCUT2D eigenvalue weighted by Crippen LogP contribution is -2.37. The van der Waals surface area contributed by atoms with Gasteiger partial charge in [0, 0.05) is 6.04 Å². The molecule has 0 heterocycles. The minimum absolute atomic E-state index is 0.0771. The Hall–Kier alpha value is -0.290. The van der Waals surface area contributed by atoms with Gasteiger partial charge >= 0.3 is 6.18 Å². The summed E-state index contributed by atoms with van der Waals surface area (Å²) in [5.41, 5.74) is 0. The summed E-state index contributed by atoms with van der Waals surface area (Å²) < 4.78 is 40.3. The number of hydrogen-bond acceptors (Lipinski definition) is 2. The van der Waals surface area contributed by atoms with Crippen LogP contribution in [0.4, 0.5) is 13.2 Å². The predicted molar refractivity (Wildman–Crippen MR) is 49.2 cm³/mol. The average Bonchev–Trinajstić information content (AvgIpc) is 2.02. The first-order chi connectivity index (χ1) is 6.37. The van der Waals surface area contributed by atoms with Crippen LogP contribution in [-0.4, -0.2) is 31.5 Å². The molecule has 2 unspecified atom stereocenters. The molecule has 0 aliphatic heterocycles. The molecule has 0 aliphatic rings. The maximum Gasteiger partial charge on any atom is 0.391 e. The molecule has 0 aliphatic carbocycles. The van der Waals surface area contributed by atoms with E-state index in [1.54, 1.807) is 6.92 Å². The molecule has 14 heavy (non-hydrogen) atoms. The largest absolute Gasteiger partial charge is 0.391 e. The van der Waals surface area contributed by atoms with Crippen LogP contribution in [0.2, 0.25) is 0 Å². The number of rotatable bonds is 6. The van der Waals surface area contributed by atoms with E-state index in [0.29, 0.717) is 0 Å². The minimum Gasteiger partial charge on any atom is -0.377 e. The maximum absolute atomic E-state index is 11.8. The molecule has 2 nitrogen and oxygen atoms in total. The van der Waals surface area contributed by atoms with Gasteiger partial charge in [-0.2, -0.15) is 13.2 Å². The lowest BCUT2D eigenvalue weighted by molar-refractivity contribution is -0.149. The van der Waals surface area contributed by atoms with E-state index in [9.17, 15) is 13.2 Å². The third-order valence-electron chi connectivity index (χ3n) is 2.00. The van der Waals surface area contributed by atoms with Crippen molar-refractivity contribution in [3.05, 3.63) is 0 Å². The molecule has 0 amide bonds. The average molecular weight is 213 g/mol. The van der Waals surface area contributed by atoms with E-state index in [0.717, 1.165) is 6.54 Å². The number of ether oxygens (including phenoxy) is 1. The van der Waals surface area contributed by atoms with Gasteiger partial charge in [-0.3, -0.25) is 0 Å². The second-order valence-corrected chi connectivity index (χ2v) is 3.29. The van der Waals surface area contributed by atoms with E-state index in [1.807, 2.05) is 13.8 Å². The van der Waals surface area contributed by atoms with Crippen molar-refractivity contribution < 1.29 is 17.9 Å². The molecule has 0 bridgehead atoms. The minimum atomic E-state index is -4.12. The maximum atomic E-state index is 11.8. The number of alkyl halides is 3. The number of hydrogen-bond donors (Lipinski definition) is 1. The van der Waals surface area contributed by atoms with Crippen LogP contribution in [0, 0.1) is 0 Å². The Morgan fingerprint density at radius 1 is 1.29 bits per heavy atom. The Kier molecular flexibility index (Phi) is 6.11. The van der Waals surface area contributed by atoms with Gasteiger partial charge in [0.15, 0.2) is 0 Å². The fourth-order valence-corrected chi connectivity index (χ4v) is 0.993. The van der Waals surface area contributed by atoms with Crippen LogP contribution in [0.25, 0.3) is 0 Å². The number of likely N-dealkylation sites (N-methyl/N-ethyl adjacent to an activating group) is 1. The van der Waals surface area contributed by atoms with Crippen molar-refractivity contribution in [2.24, 2.45) is 0 Å². The first-order valence-corrected chi connectivity index (χ1v) is 4.78. The van der Waals surface area contributed by atoms with Crippen molar-refractivity contribution in [3.8, 4) is 0 Å². The first kappa shape index (κ1) is 13.7. The molecule has 0 fully saturated rings. The van der Waals surface area contributed by atoms with E-state index in [1.165, 1.54) is 0 Å². The summed E-state index contributed by atoms with van der Waals surface area (Å²) in [5, 5.41) is 3.09. The fourth-order valence-electron chi connectivity index (χ4n) is 0.993. The Balaban J connectivity index is 3.58. The smallest absolute Gasteiger partial charge is 0.377 e. The van der Waals surface area contributed by atoms with Crippen molar-refractivity contribution in [3.63, 3.8) is 0 Å². The monoisotopic (exact) mass is 213 g/mol. The van der Waals surface area contributed by atoms with E-state index < -0.39 is 12.6 Å². The van der Waals surface area contributed by atoms with Crippen LogP contribution in [0.1, 0.15) is 27.2 Å². The first-order valence-electron chi connectivity index (χ1n) is 4.78. The van der Waals surface area contributed by atoms with Crippen molar-refractivity contribution in [1.82, 2.24) is 5.32 Å². The van der Waals surface area contributed by atoms with E-state index in [-0.39, 0.29) is 18.8 Å². The van der Waals surface area contributed by atoms with Crippen molar-refractivity contribution >= 4 is 0 Å². The van der Waals surface area contributed by atoms with Crippen LogP contribution >= 0.6 is 0 Å². The Morgan fingerprint density at radius 2 is 1.86 bits per heavy atom. The molecular weight excluding hydrogens is 195 g/mol. The molecule has 86 valence electrons. The van der Waals surface area contributed by atoms with Crippen molar-refractivity contribution in [2.75, 3.05) is 13.2 Å². The topological polar surface area (TPSA) is 21.3 Å². The summed E-state index contributed by atoms with van der Waals surface area (Å²) in [4.78, 5) is 0. The highest BCUT2D eigenvalue weighted by Crippen LogP contribution is 2.19. The van der Waals surface area contributed by atoms with Crippen molar-refractivity contribution in [1.29, 1.82) is 0 Å². The molecule has 1 N–H and O–H groups in total. The molecule has 0 radical (unpaired) electrons. The molecular formula is C9H18F3NO. The van der Waals surface area contributed by atoms with Gasteiger partial charge in [0.05, 0.1) is 19.1 Å². The predicted octanol–water partition coefficient (Wildman–Crippen LogP) is 2.34. The van der Waals surface area contributed by atoms with Crippen LogP contribution < -0.4 is 5.32 Å². The molecule has 0 aromatic carbocycles. The molecule has 5 heteroatoms. The van der Waals surface area contributed by atoms with Gasteiger partial charge < -0.3 is 10.1 Å². The van der Waals surface area contributed by atoms with Gasteiger partial charge in [-0.05, 0) is 20.4 Å². The van der Waals surface area contributed by atoms with E-state index in [4.69, 9.17) is 4.74 Å². The zero-order valence-corrected chi connectivity index (χ0v) is 8.82. The summed E-state index contributed by atoms with van der Waals surface area (Å²) in [5.74, 6) is 0. The molecule has 2 atom stereocenters. The van der Waals surface area contributed by atoms with E-state index in [2.05, 4.69) is 5.32 Å². The van der Waals surface area contributed by atoms with Crippen LogP contribution in [0.3, 0.4) is 0 Å². The highest BCUT2D eigenvalue weighted by molar-refractivity contribution is 4.67. The second kappa shape index (κ2) is 6.24. The third kappa shape index (κ3) is 7.15. The quantitative estimate of drug-likeness (QED) is 0.731. The van der Waals surface area contributed by atoms with Gasteiger partial charge in [-0.25, -0.2) is 0 Å². The number of halogens is 3. The highest BCUT2D eigenvalue weighted by Gasteiger charge is 2.27. The Labute approximate surface area is 82.8 Å². The van der Waals surface area contributed by atoms with Gasteiger partial charge in [-0.1, -0.05) is 6.92 Å². The van der Waals surface area contributed by atoms with Crippen LogP contribution in [0.5, 0.6) is 0 Å². The Morgan fingerprint density at radius 3 is 2.29 bits per heavy atom. The summed E-state index contributed by atoms with van der Waals surface area (Å²) in [7, 11) is 0. The highest BCUT2D eigenvalue weighted by atomic mass is 19.4. The molecule has 0 aromatic heterocycles. The molecule has 0 aromatic rings. The lowest BCUT2D eigenvalue weighted by Gasteiger charge is -2.21. The van der Waals surface area contributed by atoms with Crippen LogP contribution in [0.15, 0.2) is 0 Å². The summed E-state index contributed by atoms with van der Waals surface area (Å²) in [6.45, 7) is 6.12. The molecule has 0 saturated carbocycles. The van der Waals surface area contributed by atoms with Gasteiger partial charge in [0.2, 0.25) is 0 Å². The zero-order chi connectivity index (χ0) is 11.2. The van der Waals surface area contributed by atoms with Crippen molar-refractivity contribution in [2.45, 2.75) is 45.5 Å². The molecule has 0 saturated heterocycles. The van der Waals surface area contributed by atoms with Gasteiger partial charge in [0.1, 0.15) is 0 Å². The molecule has 0 spiro atoms. The normalized spacial score (nSPS) is 16.7. The number of nitrogens with one attached hydrogen (secondary N) is 1. The lowest BCUT2D eigenvalue weighted by atomic mass is 10.2. The summed E-state index contributed by atoms with van der Waals surface area (Å²) >= 11 is 0. The fraction of sp³-hybridized carbons (Fsp3) is 1.00. The van der Waals surface area contributed by atoms with Gasteiger partial charge in [0.25, 0.3) is 0 Å². The summed E-state index contributed by atoms with van der Waals surface area (Å²) in [6.07, 6.45) is -5.20. The summed E-state index contributed by atoms with van der Waals surface area (Å²) in [6, 6.07) is 0.0771. The van der Waals surface area contributed by atoms with Gasteiger partial charge in [-0.15, -0.1) is 0 Å². The Bertz CT molecular complexity index is 149. The van der Waals surface area contributed by atoms with Crippen LogP contribution in [-0.2, 0) is 4.74 Å². The van der Waals surface area contributed by atoms with E-state index >= 15 is 0 Å². The molecule has 0 rings (SSSR count). The zero-order valence-electron chi connectivity index (χ0n) is 8.82. The SMILES string of the molecule is CCNC(C)C(C)OCCC(F)(F)F. The second-order valence-electron chi connectivity index (χ2n) is 3.29. The third-order valence-corrected chi connectivity index (χ3v) is 2.00.